The van der Waals surface area contributed by atoms with Gasteiger partial charge in [-0.05, 0) is 42.8 Å². The summed E-state index contributed by atoms with van der Waals surface area (Å²) in [4.78, 5) is 23.7. The van der Waals surface area contributed by atoms with Gasteiger partial charge in [0.25, 0.3) is 0 Å². The first-order valence-electron chi connectivity index (χ1n) is 8.19. The summed E-state index contributed by atoms with van der Waals surface area (Å²) in [5.74, 6) is -2.65. The second kappa shape index (κ2) is 9.85. The molecule has 2 rings (SSSR count). The number of hydrogen-bond donors (Lipinski definition) is 0. The lowest BCUT2D eigenvalue weighted by molar-refractivity contribution is -0.136. The van der Waals surface area contributed by atoms with Crippen LogP contribution in [0.2, 0.25) is 5.02 Å². The molecule has 0 aliphatic carbocycles. The average molecular weight is 411 g/mol. The Labute approximate surface area is 165 Å². The van der Waals surface area contributed by atoms with Crippen molar-refractivity contribution in [2.24, 2.45) is 0 Å². The van der Waals surface area contributed by atoms with Crippen LogP contribution in [-0.4, -0.2) is 32.1 Å². The molecule has 5 nitrogen and oxygen atoms in total. The van der Waals surface area contributed by atoms with Crippen molar-refractivity contribution < 1.29 is 32.6 Å². The van der Waals surface area contributed by atoms with E-state index in [1.165, 1.54) is 13.2 Å². The molecule has 0 radical (unpaired) electrons. The van der Waals surface area contributed by atoms with Crippen molar-refractivity contribution in [3.05, 3.63) is 64.2 Å². The lowest BCUT2D eigenvalue weighted by Gasteiger charge is -2.11. The van der Waals surface area contributed by atoms with Crippen molar-refractivity contribution in [1.82, 2.24) is 0 Å². The molecule has 0 aromatic heterocycles. The summed E-state index contributed by atoms with van der Waals surface area (Å²) in [5, 5.41) is 0.295. The summed E-state index contributed by atoms with van der Waals surface area (Å²) in [5.41, 5.74) is 0.184. The van der Waals surface area contributed by atoms with E-state index >= 15 is 0 Å². The fourth-order valence-corrected chi connectivity index (χ4v) is 2.58. The van der Waals surface area contributed by atoms with Crippen LogP contribution in [0.15, 0.2) is 36.4 Å². The van der Waals surface area contributed by atoms with Gasteiger partial charge in [-0.15, -0.1) is 0 Å². The maximum Gasteiger partial charge on any atom is 0.331 e. The molecule has 0 amide bonds. The molecular weight excluding hydrogens is 394 g/mol. The number of esters is 1. The Morgan fingerprint density at radius 2 is 1.93 bits per heavy atom. The molecule has 0 fully saturated rings. The van der Waals surface area contributed by atoms with E-state index in [-0.39, 0.29) is 5.56 Å². The smallest absolute Gasteiger partial charge is 0.331 e. The van der Waals surface area contributed by atoms with Crippen LogP contribution in [0.4, 0.5) is 8.78 Å². The Balaban J connectivity index is 2.02. The Hall–Kier alpha value is -2.93. The van der Waals surface area contributed by atoms with E-state index in [9.17, 15) is 18.4 Å². The van der Waals surface area contributed by atoms with Crippen molar-refractivity contribution in [3.63, 3.8) is 0 Å². The number of halogens is 3. The standard InChI is InChI=1S/C20H17ClF2O5/c1-3-27-18-9-12(8-15(21)20(18)26-2)4-7-19(25)28-11-17(24)14-6-5-13(22)10-16(14)23/h4-10H,3,11H2,1-2H3/b7-4+. The third-order valence-electron chi connectivity index (χ3n) is 3.52. The summed E-state index contributed by atoms with van der Waals surface area (Å²) < 4.78 is 41.8. The molecule has 0 saturated carbocycles. The van der Waals surface area contributed by atoms with Gasteiger partial charge >= 0.3 is 5.97 Å². The minimum Gasteiger partial charge on any atom is -0.491 e. The topological polar surface area (TPSA) is 61.8 Å². The summed E-state index contributed by atoms with van der Waals surface area (Å²) in [6, 6.07) is 5.70. The normalized spacial score (nSPS) is 10.8. The molecule has 148 valence electrons. The first-order chi connectivity index (χ1) is 13.3. The molecule has 0 bridgehead atoms. The maximum atomic E-state index is 13.5. The zero-order valence-corrected chi connectivity index (χ0v) is 15.9. The van der Waals surface area contributed by atoms with E-state index in [0.717, 1.165) is 18.2 Å². The molecule has 0 unspecified atom stereocenters. The van der Waals surface area contributed by atoms with Crippen molar-refractivity contribution >= 4 is 29.4 Å². The maximum absolute atomic E-state index is 13.5. The molecular formula is C20H17ClF2O5. The van der Waals surface area contributed by atoms with Gasteiger partial charge in [-0.3, -0.25) is 4.79 Å². The first kappa shape index (κ1) is 21.4. The van der Waals surface area contributed by atoms with Gasteiger partial charge < -0.3 is 14.2 Å². The highest BCUT2D eigenvalue weighted by atomic mass is 35.5. The number of ketones is 1. The number of ether oxygens (including phenoxy) is 3. The van der Waals surface area contributed by atoms with Gasteiger partial charge in [-0.1, -0.05) is 11.6 Å². The third kappa shape index (κ3) is 5.53. The van der Waals surface area contributed by atoms with E-state index in [2.05, 4.69) is 0 Å². The lowest BCUT2D eigenvalue weighted by atomic mass is 10.1. The van der Waals surface area contributed by atoms with Crippen LogP contribution in [-0.2, 0) is 9.53 Å². The van der Waals surface area contributed by atoms with Crippen molar-refractivity contribution in [2.75, 3.05) is 20.3 Å². The van der Waals surface area contributed by atoms with Crippen molar-refractivity contribution in [3.8, 4) is 11.5 Å². The van der Waals surface area contributed by atoms with Gasteiger partial charge in [0, 0.05) is 12.1 Å². The number of rotatable bonds is 8. The summed E-state index contributed by atoms with van der Waals surface area (Å²) in [6.45, 7) is 1.51. The van der Waals surface area contributed by atoms with Crippen LogP contribution < -0.4 is 9.47 Å². The van der Waals surface area contributed by atoms with Gasteiger partial charge in [-0.2, -0.15) is 0 Å². The monoisotopic (exact) mass is 410 g/mol. The predicted octanol–water partition coefficient (Wildman–Crippen LogP) is 4.46. The quantitative estimate of drug-likeness (QED) is 0.365. The molecule has 0 spiro atoms. The van der Waals surface area contributed by atoms with Crippen LogP contribution in [0.1, 0.15) is 22.8 Å². The fourth-order valence-electron chi connectivity index (χ4n) is 2.29. The van der Waals surface area contributed by atoms with Gasteiger partial charge in [0.15, 0.2) is 18.1 Å². The summed E-state index contributed by atoms with van der Waals surface area (Å²) in [7, 11) is 1.46. The molecule has 8 heteroatoms. The minimum atomic E-state index is -1.02. The fraction of sp³-hybridized carbons (Fsp3) is 0.200. The van der Waals surface area contributed by atoms with E-state index in [1.54, 1.807) is 19.1 Å². The van der Waals surface area contributed by atoms with Gasteiger partial charge in [0.1, 0.15) is 11.6 Å². The number of methoxy groups -OCH3 is 1. The van der Waals surface area contributed by atoms with Crippen LogP contribution in [0.25, 0.3) is 6.08 Å². The van der Waals surface area contributed by atoms with E-state index < -0.39 is 30.0 Å². The molecule has 2 aromatic carbocycles. The summed E-state index contributed by atoms with van der Waals surface area (Å²) in [6.07, 6.45) is 2.50. The highest BCUT2D eigenvalue weighted by molar-refractivity contribution is 6.32. The van der Waals surface area contributed by atoms with E-state index in [4.69, 9.17) is 25.8 Å². The van der Waals surface area contributed by atoms with E-state index in [0.29, 0.717) is 34.8 Å². The highest BCUT2D eigenvalue weighted by Gasteiger charge is 2.14. The van der Waals surface area contributed by atoms with Crippen LogP contribution in [0.3, 0.4) is 0 Å². The molecule has 0 saturated heterocycles. The number of benzene rings is 2. The second-order valence-corrected chi connectivity index (χ2v) is 5.86. The van der Waals surface area contributed by atoms with Gasteiger partial charge in [0.2, 0.25) is 5.78 Å². The zero-order valence-electron chi connectivity index (χ0n) is 15.1. The van der Waals surface area contributed by atoms with Crippen molar-refractivity contribution in [2.45, 2.75) is 6.92 Å². The molecule has 0 atom stereocenters. The third-order valence-corrected chi connectivity index (χ3v) is 3.81. The van der Waals surface area contributed by atoms with Crippen LogP contribution in [0.5, 0.6) is 11.5 Å². The molecule has 2 aromatic rings. The van der Waals surface area contributed by atoms with Crippen LogP contribution in [0, 0.1) is 11.6 Å². The SMILES string of the molecule is CCOc1cc(/C=C/C(=O)OCC(=O)c2ccc(F)cc2F)cc(Cl)c1OC. The molecule has 0 aliphatic rings. The summed E-state index contributed by atoms with van der Waals surface area (Å²) >= 11 is 6.12. The molecule has 0 N–H and O–H groups in total. The molecule has 0 aliphatic heterocycles. The largest absolute Gasteiger partial charge is 0.491 e. The molecule has 0 heterocycles. The Morgan fingerprint density at radius 1 is 1.18 bits per heavy atom. The zero-order chi connectivity index (χ0) is 20.7. The van der Waals surface area contributed by atoms with E-state index in [1.807, 2.05) is 0 Å². The van der Waals surface area contributed by atoms with Gasteiger partial charge in [-0.25, -0.2) is 13.6 Å². The number of hydrogen-bond acceptors (Lipinski definition) is 5. The number of carbonyl (C=O) groups excluding carboxylic acids is 2. The Bertz CT molecular complexity index is 912. The second-order valence-electron chi connectivity index (χ2n) is 5.46. The highest BCUT2D eigenvalue weighted by Crippen LogP contribution is 2.36. The minimum absolute atomic E-state index is 0.295. The Kier molecular flexibility index (Phi) is 7.52. The van der Waals surface area contributed by atoms with Crippen molar-refractivity contribution in [1.29, 1.82) is 0 Å². The first-order valence-corrected chi connectivity index (χ1v) is 8.57. The number of Topliss-reactive ketones (excluding diaryl/α,β-unsaturated/α-hetero) is 1. The predicted molar refractivity (Wildman–Crippen MR) is 99.9 cm³/mol. The van der Waals surface area contributed by atoms with Gasteiger partial charge in [0.05, 0.1) is 24.3 Å². The number of carbonyl (C=O) groups is 2. The lowest BCUT2D eigenvalue weighted by Crippen LogP contribution is -2.14. The Morgan fingerprint density at radius 3 is 2.57 bits per heavy atom. The average Bonchev–Trinajstić information content (AvgIpc) is 2.64. The molecule has 28 heavy (non-hydrogen) atoms. The van der Waals surface area contributed by atoms with Crippen LogP contribution >= 0.6 is 11.6 Å².